The van der Waals surface area contributed by atoms with Crippen LogP contribution in [0.5, 0.6) is 0 Å². The molecule has 0 saturated heterocycles. The summed E-state index contributed by atoms with van der Waals surface area (Å²) in [6.07, 6.45) is 3.96. The summed E-state index contributed by atoms with van der Waals surface area (Å²) in [6, 6.07) is 3.73. The number of thiol groups is 1. The van der Waals surface area contributed by atoms with Gasteiger partial charge in [-0.2, -0.15) is 12.6 Å². The van der Waals surface area contributed by atoms with Crippen LogP contribution in [0, 0.1) is 6.92 Å². The van der Waals surface area contributed by atoms with Crippen LogP contribution < -0.4 is 0 Å². The molecule has 0 atom stereocenters. The maximum Gasteiger partial charge on any atom is 0.129 e. The van der Waals surface area contributed by atoms with Crippen LogP contribution in [0.3, 0.4) is 0 Å². The van der Waals surface area contributed by atoms with Crippen molar-refractivity contribution in [2.24, 2.45) is 0 Å². The number of rotatable bonds is 2. The number of nitrogens with zero attached hydrogens (tertiary/aromatic N) is 1. The Balaban J connectivity index is 2.94. The Morgan fingerprint density at radius 1 is 1.58 bits per heavy atom. The first-order valence-corrected chi connectivity index (χ1v) is 4.65. The van der Waals surface area contributed by atoms with Gasteiger partial charge < -0.3 is 0 Å². The predicted molar refractivity (Wildman–Crippen MR) is 56.9 cm³/mol. The lowest BCUT2D eigenvalue weighted by molar-refractivity contribution is 1.19. The summed E-state index contributed by atoms with van der Waals surface area (Å²) >= 11 is 9.77. The Labute approximate surface area is 82.9 Å². The van der Waals surface area contributed by atoms with Crippen molar-refractivity contribution in [3.05, 3.63) is 34.6 Å². The third-order valence-corrected chi connectivity index (χ3v) is 1.92. The number of hydrogen-bond donors (Lipinski definition) is 1. The van der Waals surface area contributed by atoms with Crippen LogP contribution in [-0.4, -0.2) is 10.7 Å². The zero-order valence-corrected chi connectivity index (χ0v) is 8.44. The Hall–Kier alpha value is -0.470. The molecular weight excluding hydrogens is 190 g/mol. The quantitative estimate of drug-likeness (QED) is 0.571. The molecule has 0 aliphatic heterocycles. The van der Waals surface area contributed by atoms with Crippen LogP contribution in [0.2, 0.25) is 5.15 Å². The lowest BCUT2D eigenvalue weighted by Crippen LogP contribution is -1.85. The summed E-state index contributed by atoms with van der Waals surface area (Å²) in [6.45, 7) is 1.93. The molecule has 0 spiro atoms. The molecule has 0 aromatic carbocycles. The summed E-state index contributed by atoms with van der Waals surface area (Å²) in [7, 11) is 0. The highest BCUT2D eigenvalue weighted by atomic mass is 35.5. The van der Waals surface area contributed by atoms with Gasteiger partial charge in [-0.1, -0.05) is 29.8 Å². The highest BCUT2D eigenvalue weighted by Gasteiger charge is 1.95. The first-order valence-electron chi connectivity index (χ1n) is 3.64. The highest BCUT2D eigenvalue weighted by Crippen LogP contribution is 2.11. The molecule has 0 aliphatic carbocycles. The molecule has 0 fully saturated rings. The SMILES string of the molecule is Cc1nc(Cl)ccc1C=CCS. The average molecular weight is 200 g/mol. The average Bonchev–Trinajstić information content (AvgIpc) is 2.03. The van der Waals surface area contributed by atoms with E-state index in [1.54, 1.807) is 6.07 Å². The van der Waals surface area contributed by atoms with Gasteiger partial charge in [0.25, 0.3) is 0 Å². The van der Waals surface area contributed by atoms with Crippen molar-refractivity contribution in [1.82, 2.24) is 4.98 Å². The van der Waals surface area contributed by atoms with E-state index in [2.05, 4.69) is 17.6 Å². The van der Waals surface area contributed by atoms with Gasteiger partial charge in [-0.3, -0.25) is 0 Å². The molecule has 0 radical (unpaired) electrons. The van der Waals surface area contributed by atoms with Crippen molar-refractivity contribution in [1.29, 1.82) is 0 Å². The Kier molecular flexibility index (Phi) is 3.63. The minimum absolute atomic E-state index is 0.538. The molecule has 1 heterocycles. The minimum Gasteiger partial charge on any atom is -0.241 e. The Morgan fingerprint density at radius 3 is 2.92 bits per heavy atom. The van der Waals surface area contributed by atoms with Gasteiger partial charge in [0, 0.05) is 11.4 Å². The molecular formula is C9H10ClNS. The molecule has 64 valence electrons. The van der Waals surface area contributed by atoms with E-state index >= 15 is 0 Å². The topological polar surface area (TPSA) is 12.9 Å². The maximum absolute atomic E-state index is 5.70. The lowest BCUT2D eigenvalue weighted by atomic mass is 10.2. The summed E-state index contributed by atoms with van der Waals surface area (Å²) < 4.78 is 0. The summed E-state index contributed by atoms with van der Waals surface area (Å²) in [5, 5.41) is 0.538. The smallest absolute Gasteiger partial charge is 0.129 e. The molecule has 1 aromatic heterocycles. The van der Waals surface area contributed by atoms with Gasteiger partial charge >= 0.3 is 0 Å². The van der Waals surface area contributed by atoms with E-state index in [1.807, 2.05) is 25.1 Å². The van der Waals surface area contributed by atoms with Crippen molar-refractivity contribution in [2.75, 3.05) is 5.75 Å². The molecule has 0 unspecified atom stereocenters. The largest absolute Gasteiger partial charge is 0.241 e. The number of aryl methyl sites for hydroxylation is 1. The highest BCUT2D eigenvalue weighted by molar-refractivity contribution is 7.80. The van der Waals surface area contributed by atoms with E-state index in [9.17, 15) is 0 Å². The van der Waals surface area contributed by atoms with Crippen molar-refractivity contribution in [3.8, 4) is 0 Å². The normalized spacial score (nSPS) is 10.9. The number of aromatic nitrogens is 1. The summed E-state index contributed by atoms with van der Waals surface area (Å²) in [4.78, 5) is 4.12. The van der Waals surface area contributed by atoms with Gasteiger partial charge in [-0.25, -0.2) is 4.98 Å². The van der Waals surface area contributed by atoms with E-state index in [0.717, 1.165) is 17.0 Å². The van der Waals surface area contributed by atoms with Gasteiger partial charge in [0.05, 0.1) is 0 Å². The second-order valence-electron chi connectivity index (χ2n) is 2.39. The van der Waals surface area contributed by atoms with Crippen LogP contribution in [0.15, 0.2) is 18.2 Å². The first-order chi connectivity index (χ1) is 5.74. The van der Waals surface area contributed by atoms with Crippen molar-refractivity contribution in [3.63, 3.8) is 0 Å². The summed E-state index contributed by atoms with van der Waals surface area (Å²) in [5.41, 5.74) is 2.04. The van der Waals surface area contributed by atoms with Crippen LogP contribution in [0.4, 0.5) is 0 Å². The molecule has 0 N–H and O–H groups in total. The standard InChI is InChI=1S/C9H10ClNS/c1-7-8(3-2-6-12)4-5-9(10)11-7/h2-5,12H,6H2,1H3. The number of hydrogen-bond acceptors (Lipinski definition) is 2. The van der Waals surface area contributed by atoms with Gasteiger partial charge in [-0.15, -0.1) is 0 Å². The number of halogens is 1. The fourth-order valence-corrected chi connectivity index (χ4v) is 1.19. The van der Waals surface area contributed by atoms with Crippen LogP contribution in [0.1, 0.15) is 11.3 Å². The molecule has 0 aliphatic rings. The second-order valence-corrected chi connectivity index (χ2v) is 3.15. The minimum atomic E-state index is 0.538. The Morgan fingerprint density at radius 2 is 2.33 bits per heavy atom. The summed E-state index contributed by atoms with van der Waals surface area (Å²) in [5.74, 6) is 0.738. The van der Waals surface area contributed by atoms with Gasteiger partial charge in [0.1, 0.15) is 5.15 Å². The van der Waals surface area contributed by atoms with Crippen LogP contribution in [-0.2, 0) is 0 Å². The molecule has 12 heavy (non-hydrogen) atoms. The molecule has 0 bridgehead atoms. The van der Waals surface area contributed by atoms with E-state index < -0.39 is 0 Å². The first kappa shape index (κ1) is 9.62. The van der Waals surface area contributed by atoms with Gasteiger partial charge in [0.2, 0.25) is 0 Å². The van der Waals surface area contributed by atoms with E-state index in [0.29, 0.717) is 5.15 Å². The van der Waals surface area contributed by atoms with Gasteiger partial charge in [-0.05, 0) is 18.6 Å². The molecule has 1 nitrogen and oxygen atoms in total. The van der Waals surface area contributed by atoms with E-state index in [-0.39, 0.29) is 0 Å². The van der Waals surface area contributed by atoms with E-state index in [4.69, 9.17) is 11.6 Å². The molecule has 1 aromatic rings. The second kappa shape index (κ2) is 4.53. The van der Waals surface area contributed by atoms with Crippen molar-refractivity contribution in [2.45, 2.75) is 6.92 Å². The lowest BCUT2D eigenvalue weighted by Gasteiger charge is -1.98. The predicted octanol–water partition coefficient (Wildman–Crippen LogP) is 2.99. The Bertz CT molecular complexity index is 297. The third kappa shape index (κ3) is 2.54. The molecule has 0 amide bonds. The monoisotopic (exact) mass is 199 g/mol. The zero-order chi connectivity index (χ0) is 8.97. The van der Waals surface area contributed by atoms with Crippen LogP contribution >= 0.6 is 24.2 Å². The molecule has 3 heteroatoms. The fraction of sp³-hybridized carbons (Fsp3) is 0.222. The van der Waals surface area contributed by atoms with Crippen molar-refractivity contribution < 1.29 is 0 Å². The molecule has 0 saturated carbocycles. The van der Waals surface area contributed by atoms with Crippen LogP contribution in [0.25, 0.3) is 6.08 Å². The van der Waals surface area contributed by atoms with Crippen molar-refractivity contribution >= 4 is 30.3 Å². The van der Waals surface area contributed by atoms with Gasteiger partial charge in [0.15, 0.2) is 0 Å². The fourth-order valence-electron chi connectivity index (χ4n) is 0.897. The maximum atomic E-state index is 5.70. The zero-order valence-electron chi connectivity index (χ0n) is 6.79. The molecule has 1 rings (SSSR count). The van der Waals surface area contributed by atoms with E-state index in [1.165, 1.54) is 0 Å². The third-order valence-electron chi connectivity index (χ3n) is 1.50. The number of pyridine rings is 1.